The van der Waals surface area contributed by atoms with Gasteiger partial charge in [0.05, 0.1) is 25.4 Å². The third-order valence-corrected chi connectivity index (χ3v) is 5.05. The molecule has 0 aliphatic rings. The molecule has 0 spiro atoms. The van der Waals surface area contributed by atoms with Gasteiger partial charge in [-0.3, -0.25) is 0 Å². The van der Waals surface area contributed by atoms with E-state index in [0.29, 0.717) is 18.8 Å². The fourth-order valence-corrected chi connectivity index (χ4v) is 3.69. The molecule has 0 saturated heterocycles. The highest BCUT2D eigenvalue weighted by Crippen LogP contribution is 2.35. The van der Waals surface area contributed by atoms with Crippen LogP contribution in [0.1, 0.15) is 23.7 Å². The van der Waals surface area contributed by atoms with Crippen molar-refractivity contribution < 1.29 is 23.7 Å². The molecule has 0 N–H and O–H groups in total. The number of benzene rings is 4. The molecular weight excluding hydrogens is 380 g/mol. The molecule has 0 unspecified atom stereocenters. The summed E-state index contributed by atoms with van der Waals surface area (Å²) in [6, 6.07) is 18.4. The topological polar surface area (TPSA) is 54.0 Å². The van der Waals surface area contributed by atoms with Crippen molar-refractivity contribution in [3.63, 3.8) is 0 Å². The van der Waals surface area contributed by atoms with E-state index in [-0.39, 0.29) is 26.0 Å². The number of rotatable bonds is 11. The molecule has 4 aromatic rings. The highest BCUT2D eigenvalue weighted by molar-refractivity contribution is 6.23. The molecule has 0 bridgehead atoms. The van der Waals surface area contributed by atoms with Crippen molar-refractivity contribution in [2.24, 2.45) is 0 Å². The van der Waals surface area contributed by atoms with Crippen LogP contribution in [0.4, 0.5) is 0 Å². The van der Waals surface area contributed by atoms with Gasteiger partial charge in [0.1, 0.15) is 13.4 Å². The molecule has 4 rings (SSSR count). The molecule has 0 aromatic heterocycles. The molecule has 30 heavy (non-hydrogen) atoms. The second kappa shape index (κ2) is 9.85. The van der Waals surface area contributed by atoms with Crippen LogP contribution in [0.5, 0.6) is 0 Å². The number of carbonyl (C=O) groups is 1. The zero-order chi connectivity index (χ0) is 20.8. The molecule has 156 valence electrons. The van der Waals surface area contributed by atoms with Crippen LogP contribution in [0.15, 0.2) is 54.6 Å². The lowest BCUT2D eigenvalue weighted by atomic mass is 9.93. The molecular formula is C25H26O5. The Labute approximate surface area is 175 Å². The molecule has 0 amide bonds. The first-order valence-corrected chi connectivity index (χ1v) is 10.4. The highest BCUT2D eigenvalue weighted by Gasteiger charge is 2.13. The van der Waals surface area contributed by atoms with Gasteiger partial charge in [0.25, 0.3) is 0 Å². The second-order valence-corrected chi connectivity index (χ2v) is 7.19. The monoisotopic (exact) mass is 406 g/mol. The zero-order valence-electron chi connectivity index (χ0n) is 17.2. The van der Waals surface area contributed by atoms with Crippen molar-refractivity contribution in [2.45, 2.75) is 13.3 Å². The third kappa shape index (κ3) is 4.54. The Bertz CT molecular complexity index is 1060. The number of ether oxygens (including phenoxy) is 4. The van der Waals surface area contributed by atoms with Crippen LogP contribution in [0.25, 0.3) is 32.3 Å². The van der Waals surface area contributed by atoms with Crippen LogP contribution in [-0.4, -0.2) is 45.8 Å². The Morgan fingerprint density at radius 2 is 1.27 bits per heavy atom. The van der Waals surface area contributed by atoms with Crippen molar-refractivity contribution in [1.82, 2.24) is 0 Å². The summed E-state index contributed by atoms with van der Waals surface area (Å²) >= 11 is 0. The highest BCUT2D eigenvalue weighted by atomic mass is 16.7. The van der Waals surface area contributed by atoms with Gasteiger partial charge in [-0.25, -0.2) is 4.79 Å². The van der Waals surface area contributed by atoms with Gasteiger partial charge in [0.2, 0.25) is 0 Å². The van der Waals surface area contributed by atoms with Gasteiger partial charge in [-0.15, -0.1) is 0 Å². The summed E-state index contributed by atoms with van der Waals surface area (Å²) in [4.78, 5) is 12.5. The number of hydrogen-bond donors (Lipinski definition) is 0. The Balaban J connectivity index is 1.33. The third-order valence-electron chi connectivity index (χ3n) is 5.05. The Morgan fingerprint density at radius 1 is 0.700 bits per heavy atom. The first-order valence-electron chi connectivity index (χ1n) is 10.4. The first kappa shape index (κ1) is 20.5. The molecule has 0 atom stereocenters. The quantitative estimate of drug-likeness (QED) is 0.149. The lowest BCUT2D eigenvalue weighted by molar-refractivity contribution is -0.0775. The van der Waals surface area contributed by atoms with Crippen molar-refractivity contribution in [3.05, 3.63) is 60.2 Å². The maximum Gasteiger partial charge on any atom is 0.338 e. The van der Waals surface area contributed by atoms with Crippen LogP contribution in [0.3, 0.4) is 0 Å². The van der Waals surface area contributed by atoms with E-state index in [0.717, 1.165) is 23.8 Å². The predicted octanol–water partition coefficient (Wildman–Crippen LogP) is 5.16. The minimum Gasteiger partial charge on any atom is -0.460 e. The summed E-state index contributed by atoms with van der Waals surface area (Å²) < 4.78 is 21.3. The van der Waals surface area contributed by atoms with Gasteiger partial charge in [-0.05, 0) is 50.9 Å². The lowest BCUT2D eigenvalue weighted by Crippen LogP contribution is -2.13. The maximum atomic E-state index is 12.5. The van der Waals surface area contributed by atoms with E-state index in [1.165, 1.54) is 21.5 Å². The Kier molecular flexibility index (Phi) is 6.74. The second-order valence-electron chi connectivity index (χ2n) is 7.19. The molecule has 5 heteroatoms. The molecule has 4 aromatic carbocycles. The lowest BCUT2D eigenvalue weighted by Gasteiger charge is -2.12. The molecule has 0 saturated carbocycles. The van der Waals surface area contributed by atoms with Crippen LogP contribution in [0.2, 0.25) is 0 Å². The summed E-state index contributed by atoms with van der Waals surface area (Å²) in [6.45, 7) is 4.48. The molecule has 0 fully saturated rings. The van der Waals surface area contributed by atoms with E-state index >= 15 is 0 Å². The van der Waals surface area contributed by atoms with E-state index in [4.69, 9.17) is 18.9 Å². The summed E-state index contributed by atoms with van der Waals surface area (Å²) in [5.74, 6) is -0.349. The number of carbonyl (C=O) groups excluding carboxylic acids is 1. The average Bonchev–Trinajstić information content (AvgIpc) is 2.78. The summed E-state index contributed by atoms with van der Waals surface area (Å²) in [7, 11) is 0. The van der Waals surface area contributed by atoms with Crippen molar-refractivity contribution in [2.75, 3.05) is 39.8 Å². The van der Waals surface area contributed by atoms with Gasteiger partial charge < -0.3 is 18.9 Å². The molecule has 0 heterocycles. The van der Waals surface area contributed by atoms with E-state index in [2.05, 4.69) is 49.4 Å². The van der Waals surface area contributed by atoms with E-state index in [1.54, 1.807) is 0 Å². The van der Waals surface area contributed by atoms with Crippen LogP contribution in [-0.2, 0) is 18.9 Å². The van der Waals surface area contributed by atoms with Crippen LogP contribution < -0.4 is 0 Å². The van der Waals surface area contributed by atoms with Crippen molar-refractivity contribution >= 4 is 38.3 Å². The minimum absolute atomic E-state index is 0.160. The Hall–Kier alpha value is -2.73. The largest absolute Gasteiger partial charge is 0.460 e. The molecule has 0 aliphatic carbocycles. The van der Waals surface area contributed by atoms with Gasteiger partial charge in [0, 0.05) is 6.61 Å². The smallest absolute Gasteiger partial charge is 0.338 e. The fourth-order valence-electron chi connectivity index (χ4n) is 3.69. The van der Waals surface area contributed by atoms with Crippen LogP contribution >= 0.6 is 0 Å². The average molecular weight is 406 g/mol. The van der Waals surface area contributed by atoms with Gasteiger partial charge >= 0.3 is 5.97 Å². The zero-order valence-corrected chi connectivity index (χ0v) is 17.2. The number of esters is 1. The summed E-state index contributed by atoms with van der Waals surface area (Å²) in [5.41, 5.74) is 0.546. The summed E-state index contributed by atoms with van der Waals surface area (Å²) in [6.07, 6.45) is 0.995. The Morgan fingerprint density at radius 3 is 1.93 bits per heavy atom. The fraction of sp³-hybridized carbons (Fsp3) is 0.320. The van der Waals surface area contributed by atoms with Gasteiger partial charge in [0.15, 0.2) is 0 Å². The maximum absolute atomic E-state index is 12.5. The van der Waals surface area contributed by atoms with E-state index in [1.807, 2.05) is 12.1 Å². The molecule has 0 aliphatic heterocycles. The minimum atomic E-state index is -0.349. The van der Waals surface area contributed by atoms with Gasteiger partial charge in [-0.1, -0.05) is 49.4 Å². The van der Waals surface area contributed by atoms with Gasteiger partial charge in [-0.2, -0.15) is 0 Å². The first-order chi connectivity index (χ1) is 14.8. The van der Waals surface area contributed by atoms with E-state index in [9.17, 15) is 4.79 Å². The van der Waals surface area contributed by atoms with Crippen LogP contribution in [0, 0.1) is 0 Å². The van der Waals surface area contributed by atoms with Crippen molar-refractivity contribution in [3.8, 4) is 0 Å². The number of hydrogen-bond acceptors (Lipinski definition) is 5. The standard InChI is InChI=1S/C25H26O5/c1-2-10-27-11-12-28-17-29-13-14-30-25(26)22-15-20-8-6-18-4-3-5-19-7-9-21(16-22)24(20)23(18)19/h3-9,15-16H,2,10-14,17H2,1H3. The van der Waals surface area contributed by atoms with E-state index < -0.39 is 0 Å². The summed E-state index contributed by atoms with van der Waals surface area (Å²) in [5, 5.41) is 6.92. The normalized spacial score (nSPS) is 11.6. The molecule has 0 radical (unpaired) electrons. The SMILES string of the molecule is CCCOCCOCOCCOC(=O)c1cc2ccc3cccc4ccc(c1)c2c34. The molecule has 5 nitrogen and oxygen atoms in total. The van der Waals surface area contributed by atoms with Crippen molar-refractivity contribution in [1.29, 1.82) is 0 Å². The predicted molar refractivity (Wildman–Crippen MR) is 118 cm³/mol.